The van der Waals surface area contributed by atoms with Crippen LogP contribution in [0.1, 0.15) is 25.8 Å². The maximum atomic E-state index is 5.15. The monoisotopic (exact) mass is 272 g/mol. The molecule has 1 heterocycles. The second kappa shape index (κ2) is 8.39. The summed E-state index contributed by atoms with van der Waals surface area (Å²) in [4.78, 5) is 2.37. The Kier molecular flexibility index (Phi) is 7.15. The molecule has 5 nitrogen and oxygen atoms in total. The summed E-state index contributed by atoms with van der Waals surface area (Å²) < 4.78 is 5.15. The minimum Gasteiger partial charge on any atom is -0.383 e. The molecule has 0 saturated heterocycles. The fraction of sp³-hybridized carbons (Fsp3) is 0.833. The van der Waals surface area contributed by atoms with E-state index in [-0.39, 0.29) is 0 Å². The van der Waals surface area contributed by atoms with Gasteiger partial charge in [-0.15, -0.1) is 10.2 Å². The van der Waals surface area contributed by atoms with E-state index in [1.807, 2.05) is 0 Å². The number of rotatable bonds is 9. The summed E-state index contributed by atoms with van der Waals surface area (Å²) in [6.07, 6.45) is 0. The Labute approximate surface area is 114 Å². The number of hydrogen-bond donors (Lipinski definition) is 1. The molecule has 0 atom stereocenters. The molecule has 6 heteroatoms. The van der Waals surface area contributed by atoms with Crippen molar-refractivity contribution in [1.82, 2.24) is 15.1 Å². The Hall–Kier alpha value is -0.720. The number of hydrogen-bond acceptors (Lipinski definition) is 6. The van der Waals surface area contributed by atoms with E-state index in [0.29, 0.717) is 5.92 Å². The molecule has 0 amide bonds. The fourth-order valence-corrected chi connectivity index (χ4v) is 2.55. The molecule has 0 aromatic carbocycles. The lowest BCUT2D eigenvalue weighted by atomic mass is 10.2. The first-order valence-corrected chi connectivity index (χ1v) is 7.24. The molecular formula is C12H24N4OS. The molecule has 1 rings (SSSR count). The molecule has 1 aromatic rings. The van der Waals surface area contributed by atoms with E-state index in [9.17, 15) is 0 Å². The number of ether oxygens (including phenoxy) is 1. The van der Waals surface area contributed by atoms with Crippen LogP contribution in [-0.2, 0) is 11.3 Å². The van der Waals surface area contributed by atoms with Gasteiger partial charge in [0.1, 0.15) is 5.01 Å². The van der Waals surface area contributed by atoms with Crippen LogP contribution >= 0.6 is 11.3 Å². The SMILES string of the molecule is CCNc1nnc(CN(CCOC)CC(C)C)s1. The third-order valence-corrected chi connectivity index (χ3v) is 3.25. The van der Waals surface area contributed by atoms with Crippen molar-refractivity contribution in [1.29, 1.82) is 0 Å². The van der Waals surface area contributed by atoms with Crippen LogP contribution in [-0.4, -0.2) is 48.4 Å². The molecule has 1 N–H and O–H groups in total. The fourth-order valence-electron chi connectivity index (χ4n) is 1.70. The van der Waals surface area contributed by atoms with Gasteiger partial charge < -0.3 is 10.1 Å². The van der Waals surface area contributed by atoms with Gasteiger partial charge in [0.25, 0.3) is 0 Å². The highest BCUT2D eigenvalue weighted by atomic mass is 32.1. The van der Waals surface area contributed by atoms with Gasteiger partial charge in [-0.05, 0) is 12.8 Å². The van der Waals surface area contributed by atoms with Crippen LogP contribution in [0.5, 0.6) is 0 Å². The average molecular weight is 272 g/mol. The van der Waals surface area contributed by atoms with Crippen molar-refractivity contribution in [3.8, 4) is 0 Å². The molecule has 0 aliphatic rings. The van der Waals surface area contributed by atoms with Crippen LogP contribution in [0, 0.1) is 5.92 Å². The Balaban J connectivity index is 2.51. The molecule has 18 heavy (non-hydrogen) atoms. The molecular weight excluding hydrogens is 248 g/mol. The van der Waals surface area contributed by atoms with E-state index in [0.717, 1.165) is 42.9 Å². The minimum absolute atomic E-state index is 0.642. The number of nitrogens with one attached hydrogen (secondary N) is 1. The molecule has 104 valence electrons. The highest BCUT2D eigenvalue weighted by Crippen LogP contribution is 2.17. The summed E-state index contributed by atoms with van der Waals surface area (Å²) in [5.74, 6) is 0.642. The second-order valence-corrected chi connectivity index (χ2v) is 5.72. The third-order valence-electron chi connectivity index (χ3n) is 2.39. The van der Waals surface area contributed by atoms with Gasteiger partial charge in [0.2, 0.25) is 5.13 Å². The van der Waals surface area contributed by atoms with Gasteiger partial charge in [-0.2, -0.15) is 0 Å². The van der Waals surface area contributed by atoms with Crippen LogP contribution in [0.25, 0.3) is 0 Å². The number of nitrogens with zero attached hydrogens (tertiary/aromatic N) is 3. The summed E-state index contributed by atoms with van der Waals surface area (Å²) >= 11 is 1.63. The summed E-state index contributed by atoms with van der Waals surface area (Å²) in [6, 6.07) is 0. The van der Waals surface area contributed by atoms with E-state index in [2.05, 4.69) is 41.2 Å². The first kappa shape index (κ1) is 15.3. The molecule has 0 unspecified atom stereocenters. The first-order chi connectivity index (χ1) is 8.65. The highest BCUT2D eigenvalue weighted by molar-refractivity contribution is 7.15. The molecule has 0 fully saturated rings. The van der Waals surface area contributed by atoms with Crippen molar-refractivity contribution < 1.29 is 4.74 Å². The van der Waals surface area contributed by atoms with Gasteiger partial charge in [-0.25, -0.2) is 0 Å². The third kappa shape index (κ3) is 5.75. The van der Waals surface area contributed by atoms with E-state index in [1.165, 1.54) is 0 Å². The summed E-state index contributed by atoms with van der Waals surface area (Å²) in [5.41, 5.74) is 0. The quantitative estimate of drug-likeness (QED) is 0.746. The average Bonchev–Trinajstić information content (AvgIpc) is 2.73. The van der Waals surface area contributed by atoms with Crippen LogP contribution in [0.2, 0.25) is 0 Å². The maximum absolute atomic E-state index is 5.15. The van der Waals surface area contributed by atoms with Gasteiger partial charge in [-0.3, -0.25) is 4.90 Å². The smallest absolute Gasteiger partial charge is 0.205 e. The second-order valence-electron chi connectivity index (χ2n) is 4.65. The van der Waals surface area contributed by atoms with Crippen LogP contribution < -0.4 is 5.32 Å². The van der Waals surface area contributed by atoms with Gasteiger partial charge in [0.05, 0.1) is 13.2 Å². The number of methoxy groups -OCH3 is 1. The van der Waals surface area contributed by atoms with Crippen molar-refractivity contribution in [3.63, 3.8) is 0 Å². The van der Waals surface area contributed by atoms with E-state index >= 15 is 0 Å². The Morgan fingerprint density at radius 2 is 2.17 bits per heavy atom. The maximum Gasteiger partial charge on any atom is 0.205 e. The topological polar surface area (TPSA) is 50.3 Å². The van der Waals surface area contributed by atoms with Gasteiger partial charge >= 0.3 is 0 Å². The Morgan fingerprint density at radius 1 is 1.39 bits per heavy atom. The number of aromatic nitrogens is 2. The predicted molar refractivity (Wildman–Crippen MR) is 76.1 cm³/mol. The van der Waals surface area contributed by atoms with E-state index in [4.69, 9.17) is 4.74 Å². The molecule has 0 aliphatic heterocycles. The lowest BCUT2D eigenvalue weighted by molar-refractivity contribution is 0.136. The van der Waals surface area contributed by atoms with Gasteiger partial charge in [0, 0.05) is 26.7 Å². The normalized spacial score (nSPS) is 11.4. The van der Waals surface area contributed by atoms with Crippen LogP contribution in [0.4, 0.5) is 5.13 Å². The largest absolute Gasteiger partial charge is 0.383 e. The highest BCUT2D eigenvalue weighted by Gasteiger charge is 2.11. The zero-order chi connectivity index (χ0) is 13.4. The molecule has 0 spiro atoms. The molecule has 0 aliphatic carbocycles. The van der Waals surface area contributed by atoms with Crippen molar-refractivity contribution >= 4 is 16.5 Å². The van der Waals surface area contributed by atoms with Crippen molar-refractivity contribution in [3.05, 3.63) is 5.01 Å². The molecule has 0 bridgehead atoms. The summed E-state index contributed by atoms with van der Waals surface area (Å²) in [6.45, 7) is 11.0. The van der Waals surface area contributed by atoms with E-state index < -0.39 is 0 Å². The van der Waals surface area contributed by atoms with E-state index in [1.54, 1.807) is 18.4 Å². The van der Waals surface area contributed by atoms with Gasteiger partial charge in [-0.1, -0.05) is 25.2 Å². The Morgan fingerprint density at radius 3 is 2.78 bits per heavy atom. The predicted octanol–water partition coefficient (Wildman–Crippen LogP) is 2.07. The number of anilines is 1. The Bertz CT molecular complexity index is 330. The van der Waals surface area contributed by atoms with Crippen molar-refractivity contribution in [2.75, 3.05) is 38.7 Å². The standard InChI is InChI=1S/C12H24N4OS/c1-5-13-12-15-14-11(18-12)9-16(6-7-17-4)8-10(2)3/h10H,5-9H2,1-4H3,(H,13,15). The lowest BCUT2D eigenvalue weighted by Crippen LogP contribution is -2.30. The van der Waals surface area contributed by atoms with Crippen LogP contribution in [0.15, 0.2) is 0 Å². The molecule has 0 saturated carbocycles. The zero-order valence-electron chi connectivity index (χ0n) is 11.8. The molecule has 0 radical (unpaired) electrons. The summed E-state index contributed by atoms with van der Waals surface area (Å²) in [7, 11) is 1.74. The molecule has 1 aromatic heterocycles. The minimum atomic E-state index is 0.642. The first-order valence-electron chi connectivity index (χ1n) is 6.43. The van der Waals surface area contributed by atoms with Crippen molar-refractivity contribution in [2.45, 2.75) is 27.3 Å². The summed E-state index contributed by atoms with van der Waals surface area (Å²) in [5, 5.41) is 13.5. The van der Waals surface area contributed by atoms with Crippen LogP contribution in [0.3, 0.4) is 0 Å². The van der Waals surface area contributed by atoms with Crippen molar-refractivity contribution in [2.24, 2.45) is 5.92 Å². The van der Waals surface area contributed by atoms with Gasteiger partial charge in [0.15, 0.2) is 0 Å². The lowest BCUT2D eigenvalue weighted by Gasteiger charge is -2.22. The zero-order valence-corrected chi connectivity index (χ0v) is 12.6.